The molecule has 8 heteroatoms. The van der Waals surface area contributed by atoms with Crippen molar-refractivity contribution >= 4 is 17.8 Å². The van der Waals surface area contributed by atoms with Gasteiger partial charge in [0.25, 0.3) is 5.91 Å². The van der Waals surface area contributed by atoms with Crippen LogP contribution in [0.15, 0.2) is 24.3 Å². The van der Waals surface area contributed by atoms with Crippen molar-refractivity contribution in [3.63, 3.8) is 0 Å². The van der Waals surface area contributed by atoms with Crippen LogP contribution in [0.25, 0.3) is 0 Å². The van der Waals surface area contributed by atoms with Crippen LogP contribution in [0.5, 0.6) is 0 Å². The molecule has 4 amide bonds. The molecule has 172 valence electrons. The summed E-state index contributed by atoms with van der Waals surface area (Å²) in [4.78, 5) is 41.8. The second-order valence-electron chi connectivity index (χ2n) is 8.23. The fraction of sp³-hybridized carbons (Fsp3) is 0.609. The van der Waals surface area contributed by atoms with E-state index in [9.17, 15) is 18.8 Å². The van der Waals surface area contributed by atoms with Gasteiger partial charge in [-0.2, -0.15) is 0 Å². The van der Waals surface area contributed by atoms with Gasteiger partial charge in [-0.05, 0) is 31.4 Å². The molecule has 1 fully saturated rings. The van der Waals surface area contributed by atoms with Crippen LogP contribution < -0.4 is 10.6 Å². The number of carbonyl (C=O) groups excluding carboxylic acids is 3. The maximum atomic E-state index is 14.0. The molecule has 0 aliphatic carbocycles. The van der Waals surface area contributed by atoms with Crippen LogP contribution in [0.1, 0.15) is 57.3 Å². The highest BCUT2D eigenvalue weighted by molar-refractivity contribution is 5.97. The number of nitrogens with one attached hydrogen (secondary N) is 2. The minimum atomic E-state index is -0.755. The Morgan fingerprint density at radius 2 is 1.90 bits per heavy atom. The maximum absolute atomic E-state index is 14.0. The molecule has 0 saturated carbocycles. The average molecular weight is 435 g/mol. The number of piperazine rings is 1. The number of urea groups is 1. The predicted octanol–water partition coefficient (Wildman–Crippen LogP) is 3.01. The Bertz CT molecular complexity index is 773. The van der Waals surface area contributed by atoms with Gasteiger partial charge in [-0.1, -0.05) is 45.7 Å². The summed E-state index contributed by atoms with van der Waals surface area (Å²) in [5, 5.41) is 5.66. The van der Waals surface area contributed by atoms with Gasteiger partial charge in [0, 0.05) is 32.2 Å². The Hall–Kier alpha value is -2.64. The summed E-state index contributed by atoms with van der Waals surface area (Å²) in [5.41, 5.74) is -0.0782. The highest BCUT2D eigenvalue weighted by Gasteiger charge is 2.35. The molecule has 7 nitrogen and oxygen atoms in total. The smallest absolute Gasteiger partial charge is 0.317 e. The Morgan fingerprint density at radius 1 is 1.19 bits per heavy atom. The van der Waals surface area contributed by atoms with Crippen LogP contribution in [-0.2, 0) is 4.79 Å². The third-order valence-corrected chi connectivity index (χ3v) is 5.89. The van der Waals surface area contributed by atoms with E-state index in [1.54, 1.807) is 15.9 Å². The van der Waals surface area contributed by atoms with Crippen molar-refractivity contribution in [2.75, 3.05) is 26.2 Å². The van der Waals surface area contributed by atoms with Crippen LogP contribution in [0.4, 0.5) is 9.18 Å². The second kappa shape index (κ2) is 11.7. The minimum Gasteiger partial charge on any atom is -0.340 e. The molecule has 0 bridgehead atoms. The molecule has 3 unspecified atom stereocenters. The van der Waals surface area contributed by atoms with Crippen LogP contribution in [0.2, 0.25) is 0 Å². The molecule has 1 heterocycles. The molecular weight excluding hydrogens is 399 g/mol. The first-order valence-corrected chi connectivity index (χ1v) is 11.2. The molecule has 0 radical (unpaired) electrons. The maximum Gasteiger partial charge on any atom is 0.317 e. The number of amides is 4. The quantitative estimate of drug-likeness (QED) is 0.617. The molecule has 1 aliphatic rings. The summed E-state index contributed by atoms with van der Waals surface area (Å²) < 4.78 is 14.0. The number of halogens is 1. The normalized spacial score (nSPS) is 18.3. The number of benzene rings is 1. The first-order chi connectivity index (χ1) is 14.8. The Morgan fingerprint density at radius 3 is 2.52 bits per heavy atom. The number of carbonyl (C=O) groups is 3. The van der Waals surface area contributed by atoms with E-state index < -0.39 is 17.8 Å². The van der Waals surface area contributed by atoms with Gasteiger partial charge in [0.15, 0.2) is 0 Å². The fourth-order valence-electron chi connectivity index (χ4n) is 3.68. The van der Waals surface area contributed by atoms with Gasteiger partial charge in [0.1, 0.15) is 11.9 Å². The summed E-state index contributed by atoms with van der Waals surface area (Å²) in [5.74, 6) is -1.53. The summed E-state index contributed by atoms with van der Waals surface area (Å²) in [6, 6.07) is 4.72. The summed E-state index contributed by atoms with van der Waals surface area (Å²) >= 11 is 0. The van der Waals surface area contributed by atoms with Gasteiger partial charge in [-0.15, -0.1) is 0 Å². The standard InChI is InChI=1S/C23H35FN4O3/c1-5-7-12-25-23(31)28-14-13-27(15-17(28)4)22(30)20(16(3)6-2)26-21(29)18-10-8-9-11-19(18)24/h8-11,16-17,20H,5-7,12-15H2,1-4H3,(H,25,31)(H,26,29). The lowest BCUT2D eigenvalue weighted by molar-refractivity contribution is -0.136. The van der Waals surface area contributed by atoms with Gasteiger partial charge in [-0.3, -0.25) is 9.59 Å². The average Bonchev–Trinajstić information content (AvgIpc) is 2.76. The van der Waals surface area contributed by atoms with Gasteiger partial charge >= 0.3 is 6.03 Å². The van der Waals surface area contributed by atoms with E-state index in [0.29, 0.717) is 32.6 Å². The van der Waals surface area contributed by atoms with Gasteiger partial charge in [0.2, 0.25) is 5.91 Å². The van der Waals surface area contributed by atoms with E-state index in [4.69, 9.17) is 0 Å². The highest BCUT2D eigenvalue weighted by Crippen LogP contribution is 2.17. The van der Waals surface area contributed by atoms with E-state index in [1.807, 2.05) is 20.8 Å². The van der Waals surface area contributed by atoms with Crippen molar-refractivity contribution in [3.05, 3.63) is 35.6 Å². The summed E-state index contributed by atoms with van der Waals surface area (Å²) in [6.07, 6.45) is 2.62. The van der Waals surface area contributed by atoms with E-state index in [1.165, 1.54) is 18.2 Å². The Labute approximate surface area is 184 Å². The van der Waals surface area contributed by atoms with E-state index >= 15 is 0 Å². The van der Waals surface area contributed by atoms with Gasteiger partial charge in [0.05, 0.1) is 5.56 Å². The lowest BCUT2D eigenvalue weighted by Crippen LogP contribution is -2.61. The van der Waals surface area contributed by atoms with E-state index in [-0.39, 0.29) is 29.5 Å². The van der Waals surface area contributed by atoms with Crippen LogP contribution >= 0.6 is 0 Å². The van der Waals surface area contributed by atoms with Gasteiger partial charge < -0.3 is 20.4 Å². The second-order valence-corrected chi connectivity index (χ2v) is 8.23. The van der Waals surface area contributed by atoms with E-state index in [0.717, 1.165) is 12.8 Å². The monoisotopic (exact) mass is 434 g/mol. The third kappa shape index (κ3) is 6.42. The zero-order valence-corrected chi connectivity index (χ0v) is 19.0. The molecule has 31 heavy (non-hydrogen) atoms. The third-order valence-electron chi connectivity index (χ3n) is 5.89. The van der Waals surface area contributed by atoms with Crippen LogP contribution in [0.3, 0.4) is 0 Å². The van der Waals surface area contributed by atoms with E-state index in [2.05, 4.69) is 17.6 Å². The summed E-state index contributed by atoms with van der Waals surface area (Å²) in [7, 11) is 0. The topological polar surface area (TPSA) is 81.8 Å². The first-order valence-electron chi connectivity index (χ1n) is 11.2. The van der Waals surface area contributed by atoms with Crippen molar-refractivity contribution < 1.29 is 18.8 Å². The fourth-order valence-corrected chi connectivity index (χ4v) is 3.68. The molecule has 1 aromatic rings. The van der Waals surface area contributed by atoms with Crippen molar-refractivity contribution in [1.29, 1.82) is 0 Å². The van der Waals surface area contributed by atoms with Crippen LogP contribution in [0, 0.1) is 11.7 Å². The highest BCUT2D eigenvalue weighted by atomic mass is 19.1. The zero-order chi connectivity index (χ0) is 23.0. The van der Waals surface area contributed by atoms with Crippen molar-refractivity contribution in [2.45, 2.75) is 59.0 Å². The SMILES string of the molecule is CCCCNC(=O)N1CCN(C(=O)C(NC(=O)c2ccccc2F)C(C)CC)CC1C. The molecule has 1 aromatic carbocycles. The molecule has 3 atom stereocenters. The number of nitrogens with zero attached hydrogens (tertiary/aromatic N) is 2. The molecule has 1 aliphatic heterocycles. The number of hydrogen-bond donors (Lipinski definition) is 2. The van der Waals surface area contributed by atoms with Crippen LogP contribution in [-0.4, -0.2) is 65.9 Å². The number of rotatable bonds is 8. The van der Waals surface area contributed by atoms with Crippen molar-refractivity contribution in [1.82, 2.24) is 20.4 Å². The van der Waals surface area contributed by atoms with Gasteiger partial charge in [-0.25, -0.2) is 9.18 Å². The predicted molar refractivity (Wildman–Crippen MR) is 118 cm³/mol. The molecule has 0 aromatic heterocycles. The number of unbranched alkanes of at least 4 members (excludes halogenated alkanes) is 1. The lowest BCUT2D eigenvalue weighted by atomic mass is 9.96. The first kappa shape index (κ1) is 24.6. The molecular formula is C23H35FN4O3. The number of hydrogen-bond acceptors (Lipinski definition) is 3. The molecule has 2 rings (SSSR count). The Balaban J connectivity index is 2.05. The lowest BCUT2D eigenvalue weighted by Gasteiger charge is -2.41. The largest absolute Gasteiger partial charge is 0.340 e. The summed E-state index contributed by atoms with van der Waals surface area (Å²) in [6.45, 7) is 9.67. The molecule has 2 N–H and O–H groups in total. The minimum absolute atomic E-state index is 0.0782. The zero-order valence-electron chi connectivity index (χ0n) is 19.0. The van der Waals surface area contributed by atoms with Crippen molar-refractivity contribution in [2.24, 2.45) is 5.92 Å². The Kier molecular flexibility index (Phi) is 9.27. The molecule has 1 saturated heterocycles. The molecule has 0 spiro atoms. The van der Waals surface area contributed by atoms with Crippen molar-refractivity contribution in [3.8, 4) is 0 Å².